The predicted molar refractivity (Wildman–Crippen MR) is 71.8 cm³/mol. The topological polar surface area (TPSA) is 61.8 Å². The maximum Gasteiger partial charge on any atom is 0.224 e. The summed E-state index contributed by atoms with van der Waals surface area (Å²) in [5.41, 5.74) is 0.735. The fourth-order valence-corrected chi connectivity index (χ4v) is 2.06. The highest BCUT2D eigenvalue weighted by Crippen LogP contribution is 2.15. The number of morpholine rings is 1. The molecule has 6 heteroatoms. The summed E-state index contributed by atoms with van der Waals surface area (Å²) in [4.78, 5) is 13.6. The Morgan fingerprint density at radius 2 is 2.15 bits per heavy atom. The van der Waals surface area contributed by atoms with Gasteiger partial charge in [-0.1, -0.05) is 6.07 Å². The third kappa shape index (κ3) is 4.18. The van der Waals surface area contributed by atoms with E-state index < -0.39 is 5.82 Å². The Morgan fingerprint density at radius 1 is 1.40 bits per heavy atom. The number of phenolic OH excluding ortho intramolecular Hbond substituents is 1. The second-order valence-corrected chi connectivity index (χ2v) is 4.71. The quantitative estimate of drug-likeness (QED) is 0.787. The molecule has 2 rings (SSSR count). The molecule has 1 aromatic rings. The minimum absolute atomic E-state index is 0.109. The molecule has 1 saturated heterocycles. The fourth-order valence-electron chi connectivity index (χ4n) is 2.06. The molecule has 0 radical (unpaired) electrons. The highest BCUT2D eigenvalue weighted by atomic mass is 19.1. The molecule has 1 fully saturated rings. The van der Waals surface area contributed by atoms with Crippen molar-refractivity contribution < 1.29 is 19.0 Å². The van der Waals surface area contributed by atoms with Crippen LogP contribution in [0.2, 0.25) is 0 Å². The first-order valence-corrected chi connectivity index (χ1v) is 6.70. The Hall–Kier alpha value is -1.66. The summed E-state index contributed by atoms with van der Waals surface area (Å²) in [6.07, 6.45) is 0.417. The number of halogens is 1. The van der Waals surface area contributed by atoms with Crippen LogP contribution < -0.4 is 5.32 Å². The smallest absolute Gasteiger partial charge is 0.224 e. The van der Waals surface area contributed by atoms with E-state index in [1.165, 1.54) is 12.1 Å². The second kappa shape index (κ2) is 7.21. The van der Waals surface area contributed by atoms with Gasteiger partial charge >= 0.3 is 0 Å². The third-order valence-corrected chi connectivity index (χ3v) is 3.22. The Kier molecular flexibility index (Phi) is 5.31. The molecule has 0 saturated carbocycles. The van der Waals surface area contributed by atoms with E-state index in [4.69, 9.17) is 9.84 Å². The SMILES string of the molecule is O=C(CCNCc1ccc(O)c(F)c1)N1CCOCC1. The van der Waals surface area contributed by atoms with Crippen molar-refractivity contribution in [3.05, 3.63) is 29.6 Å². The predicted octanol–water partition coefficient (Wildman–Crippen LogP) is 0.870. The van der Waals surface area contributed by atoms with Crippen LogP contribution >= 0.6 is 0 Å². The minimum Gasteiger partial charge on any atom is -0.505 e. The fraction of sp³-hybridized carbons (Fsp3) is 0.500. The lowest BCUT2D eigenvalue weighted by Crippen LogP contribution is -2.41. The van der Waals surface area contributed by atoms with Crippen molar-refractivity contribution >= 4 is 5.91 Å². The van der Waals surface area contributed by atoms with E-state index in [0.717, 1.165) is 5.56 Å². The van der Waals surface area contributed by atoms with Crippen LogP contribution in [0, 0.1) is 5.82 Å². The highest BCUT2D eigenvalue weighted by molar-refractivity contribution is 5.76. The molecule has 1 amide bonds. The van der Waals surface area contributed by atoms with Crippen molar-refractivity contribution in [3.8, 4) is 5.75 Å². The molecule has 0 bridgehead atoms. The summed E-state index contributed by atoms with van der Waals surface area (Å²) in [6.45, 7) is 3.52. The van der Waals surface area contributed by atoms with E-state index in [2.05, 4.69) is 5.32 Å². The second-order valence-electron chi connectivity index (χ2n) is 4.71. The van der Waals surface area contributed by atoms with Crippen molar-refractivity contribution in [2.45, 2.75) is 13.0 Å². The number of rotatable bonds is 5. The number of aromatic hydroxyl groups is 1. The first-order chi connectivity index (χ1) is 9.66. The van der Waals surface area contributed by atoms with Gasteiger partial charge in [0.2, 0.25) is 5.91 Å². The number of carbonyl (C=O) groups is 1. The van der Waals surface area contributed by atoms with E-state index in [9.17, 15) is 9.18 Å². The Balaban J connectivity index is 1.68. The van der Waals surface area contributed by atoms with Crippen LogP contribution in [0.5, 0.6) is 5.75 Å². The standard InChI is InChI=1S/C14H19FN2O3/c15-12-9-11(1-2-13(12)18)10-16-4-3-14(19)17-5-7-20-8-6-17/h1-2,9,16,18H,3-8,10H2. The molecule has 20 heavy (non-hydrogen) atoms. The van der Waals surface area contributed by atoms with Crippen LogP contribution in [0.15, 0.2) is 18.2 Å². The summed E-state index contributed by atoms with van der Waals surface area (Å²) >= 11 is 0. The summed E-state index contributed by atoms with van der Waals surface area (Å²) in [6, 6.07) is 4.26. The zero-order chi connectivity index (χ0) is 14.4. The largest absolute Gasteiger partial charge is 0.505 e. The summed E-state index contributed by atoms with van der Waals surface area (Å²) < 4.78 is 18.3. The van der Waals surface area contributed by atoms with Gasteiger partial charge in [-0.05, 0) is 17.7 Å². The van der Waals surface area contributed by atoms with Crippen molar-refractivity contribution in [2.75, 3.05) is 32.8 Å². The van der Waals surface area contributed by atoms with Gasteiger partial charge in [-0.25, -0.2) is 4.39 Å². The number of hydrogen-bond acceptors (Lipinski definition) is 4. The molecular weight excluding hydrogens is 263 g/mol. The molecule has 0 atom stereocenters. The van der Waals surface area contributed by atoms with Crippen LogP contribution in [0.4, 0.5) is 4.39 Å². The first kappa shape index (κ1) is 14.7. The van der Waals surface area contributed by atoms with Gasteiger partial charge in [0.1, 0.15) is 0 Å². The molecule has 0 aliphatic carbocycles. The van der Waals surface area contributed by atoms with Crippen LogP contribution in [-0.4, -0.2) is 48.8 Å². The van der Waals surface area contributed by atoms with Gasteiger partial charge in [0, 0.05) is 32.6 Å². The Labute approximate surface area is 117 Å². The van der Waals surface area contributed by atoms with Crippen molar-refractivity contribution in [1.82, 2.24) is 10.2 Å². The monoisotopic (exact) mass is 282 g/mol. The molecule has 1 aliphatic rings. The van der Waals surface area contributed by atoms with E-state index >= 15 is 0 Å². The maximum atomic E-state index is 13.1. The number of phenols is 1. The summed E-state index contributed by atoms with van der Waals surface area (Å²) in [7, 11) is 0. The van der Waals surface area contributed by atoms with Gasteiger partial charge in [-0.3, -0.25) is 4.79 Å². The van der Waals surface area contributed by atoms with Crippen LogP contribution in [0.25, 0.3) is 0 Å². The molecule has 0 aromatic heterocycles. The lowest BCUT2D eigenvalue weighted by atomic mass is 10.2. The van der Waals surface area contributed by atoms with Crippen LogP contribution in [0.3, 0.4) is 0 Å². The molecule has 1 aliphatic heterocycles. The molecular formula is C14H19FN2O3. The molecule has 0 unspecified atom stereocenters. The minimum atomic E-state index is -0.631. The zero-order valence-electron chi connectivity index (χ0n) is 11.3. The normalized spacial score (nSPS) is 15.3. The molecule has 1 heterocycles. The van der Waals surface area contributed by atoms with E-state index in [-0.39, 0.29) is 11.7 Å². The van der Waals surface area contributed by atoms with E-state index in [0.29, 0.717) is 45.8 Å². The maximum absolute atomic E-state index is 13.1. The van der Waals surface area contributed by atoms with Gasteiger partial charge in [0.15, 0.2) is 11.6 Å². The number of ether oxygens (including phenoxy) is 1. The van der Waals surface area contributed by atoms with E-state index in [1.54, 1.807) is 11.0 Å². The van der Waals surface area contributed by atoms with Gasteiger partial charge in [-0.2, -0.15) is 0 Å². The average molecular weight is 282 g/mol. The number of carbonyl (C=O) groups excluding carboxylic acids is 1. The van der Waals surface area contributed by atoms with Crippen molar-refractivity contribution in [2.24, 2.45) is 0 Å². The van der Waals surface area contributed by atoms with Crippen LogP contribution in [-0.2, 0) is 16.1 Å². The first-order valence-electron chi connectivity index (χ1n) is 6.70. The lowest BCUT2D eigenvalue weighted by Gasteiger charge is -2.26. The Morgan fingerprint density at radius 3 is 2.85 bits per heavy atom. The number of benzene rings is 1. The number of nitrogens with zero attached hydrogens (tertiary/aromatic N) is 1. The molecule has 0 spiro atoms. The number of amides is 1. The molecule has 5 nitrogen and oxygen atoms in total. The molecule has 1 aromatic carbocycles. The lowest BCUT2D eigenvalue weighted by molar-refractivity contribution is -0.135. The average Bonchev–Trinajstić information content (AvgIpc) is 2.48. The van der Waals surface area contributed by atoms with E-state index in [1.807, 2.05) is 0 Å². The third-order valence-electron chi connectivity index (χ3n) is 3.22. The summed E-state index contributed by atoms with van der Waals surface area (Å²) in [5.74, 6) is -0.873. The number of hydrogen-bond donors (Lipinski definition) is 2. The van der Waals surface area contributed by atoms with Crippen LogP contribution in [0.1, 0.15) is 12.0 Å². The molecule has 110 valence electrons. The van der Waals surface area contributed by atoms with Gasteiger partial charge < -0.3 is 20.1 Å². The number of nitrogens with one attached hydrogen (secondary N) is 1. The van der Waals surface area contributed by atoms with Crippen molar-refractivity contribution in [3.63, 3.8) is 0 Å². The summed E-state index contributed by atoms with van der Waals surface area (Å²) in [5, 5.41) is 12.2. The Bertz CT molecular complexity index is 462. The van der Waals surface area contributed by atoms with Gasteiger partial charge in [0.05, 0.1) is 13.2 Å². The molecule has 2 N–H and O–H groups in total. The zero-order valence-corrected chi connectivity index (χ0v) is 11.3. The van der Waals surface area contributed by atoms with Gasteiger partial charge in [0.25, 0.3) is 0 Å². The van der Waals surface area contributed by atoms with Gasteiger partial charge in [-0.15, -0.1) is 0 Å². The van der Waals surface area contributed by atoms with Crippen molar-refractivity contribution in [1.29, 1.82) is 0 Å². The highest BCUT2D eigenvalue weighted by Gasteiger charge is 2.15.